The fraction of sp³-hybridized carbons (Fsp3) is 0.412. The number of aryl methyl sites for hydroxylation is 2. The van der Waals surface area contributed by atoms with Crippen LogP contribution < -0.4 is 10.6 Å². The number of rotatable bonds is 11. The molecular formula is C34H45FN6O3Si. The summed E-state index contributed by atoms with van der Waals surface area (Å²) in [6, 6.07) is 14.4. The van der Waals surface area contributed by atoms with Gasteiger partial charge in [-0.05, 0) is 80.1 Å². The van der Waals surface area contributed by atoms with Gasteiger partial charge in [-0.3, -0.25) is 14.3 Å². The molecule has 9 nitrogen and oxygen atoms in total. The third-order valence-corrected chi connectivity index (χ3v) is 10.3. The van der Waals surface area contributed by atoms with E-state index in [0.717, 1.165) is 40.7 Å². The molecule has 1 aliphatic rings. The quantitative estimate of drug-likeness (QED) is 0.146. The lowest BCUT2D eigenvalue weighted by atomic mass is 9.78. The summed E-state index contributed by atoms with van der Waals surface area (Å²) in [6.07, 6.45) is 3.49. The number of carbonyl (C=O) groups is 2. The van der Waals surface area contributed by atoms with Gasteiger partial charge in [0.1, 0.15) is 24.3 Å². The number of hydrogen-bond donors (Lipinski definition) is 2. The van der Waals surface area contributed by atoms with Gasteiger partial charge in [0.15, 0.2) is 0 Å². The van der Waals surface area contributed by atoms with Crippen LogP contribution in [0.25, 0.3) is 11.1 Å². The van der Waals surface area contributed by atoms with Crippen molar-refractivity contribution in [3.05, 3.63) is 88.8 Å². The largest absolute Gasteiger partial charge is 0.360 e. The molecule has 0 spiro atoms. The number of halogens is 1. The molecule has 4 aromatic rings. The van der Waals surface area contributed by atoms with E-state index in [1.54, 1.807) is 19.2 Å². The van der Waals surface area contributed by atoms with E-state index in [1.165, 1.54) is 16.9 Å². The Morgan fingerprint density at radius 1 is 1.13 bits per heavy atom. The lowest BCUT2D eigenvalue weighted by molar-refractivity contribution is -0.118. The Kier molecular flexibility index (Phi) is 9.69. The predicted octanol–water partition coefficient (Wildman–Crippen LogP) is 6.46. The predicted molar refractivity (Wildman–Crippen MR) is 179 cm³/mol. The molecule has 2 atom stereocenters. The van der Waals surface area contributed by atoms with Crippen LogP contribution in [-0.4, -0.2) is 52.1 Å². The normalized spacial score (nSPS) is 15.4. The highest BCUT2D eigenvalue weighted by atomic mass is 28.3. The van der Waals surface area contributed by atoms with Gasteiger partial charge >= 0.3 is 0 Å². The van der Waals surface area contributed by atoms with Gasteiger partial charge in [-0.1, -0.05) is 43.9 Å². The summed E-state index contributed by atoms with van der Waals surface area (Å²) >= 11 is 0. The van der Waals surface area contributed by atoms with E-state index in [-0.39, 0.29) is 19.1 Å². The Morgan fingerprint density at radius 2 is 1.89 bits per heavy atom. The first-order valence-corrected chi connectivity index (χ1v) is 19.2. The molecule has 2 aromatic carbocycles. The van der Waals surface area contributed by atoms with Gasteiger partial charge in [-0.15, -0.1) is 0 Å². The van der Waals surface area contributed by atoms with Crippen LogP contribution in [0.5, 0.6) is 0 Å². The maximum absolute atomic E-state index is 14.7. The number of anilines is 1. The Balaban J connectivity index is 0.00000480. The molecule has 5 rings (SSSR count). The monoisotopic (exact) mass is 632 g/mol. The van der Waals surface area contributed by atoms with Crippen molar-refractivity contribution < 1.29 is 20.1 Å². The maximum Gasteiger partial charge on any atom is 0.270 e. The van der Waals surface area contributed by atoms with Crippen molar-refractivity contribution in [2.75, 3.05) is 11.9 Å². The molecule has 2 N–H and O–H groups in total. The number of aromatic nitrogens is 4. The van der Waals surface area contributed by atoms with E-state index in [0.29, 0.717) is 42.9 Å². The van der Waals surface area contributed by atoms with Gasteiger partial charge in [0, 0.05) is 52.2 Å². The average molecular weight is 633 g/mol. The van der Waals surface area contributed by atoms with Gasteiger partial charge in [0.05, 0.1) is 5.69 Å². The maximum atomic E-state index is 14.7. The molecule has 0 saturated carbocycles. The number of benzene rings is 2. The summed E-state index contributed by atoms with van der Waals surface area (Å²) in [5.74, 6) is -1.44. The Bertz CT molecular complexity index is 1680. The van der Waals surface area contributed by atoms with E-state index in [1.807, 2.05) is 48.9 Å². The van der Waals surface area contributed by atoms with Gasteiger partial charge in [0.25, 0.3) is 5.91 Å². The molecule has 240 valence electrons. The molecule has 0 fully saturated rings. The number of nitrogens with zero attached hydrogens (tertiary/aromatic N) is 4. The average Bonchev–Trinajstić information content (AvgIpc) is 3.55. The Hall–Kier alpha value is -4.09. The third-order valence-electron chi connectivity index (χ3n) is 8.55. The van der Waals surface area contributed by atoms with Crippen molar-refractivity contribution in [3.63, 3.8) is 0 Å². The number of hydrogen-bond acceptors (Lipinski definition) is 5. The summed E-state index contributed by atoms with van der Waals surface area (Å²) < 4.78 is 24.0. The van der Waals surface area contributed by atoms with Crippen LogP contribution in [0.2, 0.25) is 25.7 Å². The number of nitrogens with one attached hydrogen (secondary N) is 2. The van der Waals surface area contributed by atoms with Gasteiger partial charge in [-0.25, -0.2) is 9.07 Å². The minimum absolute atomic E-state index is 0. The highest BCUT2D eigenvalue weighted by molar-refractivity contribution is 6.76. The highest BCUT2D eigenvalue weighted by Gasteiger charge is 2.35. The zero-order chi connectivity index (χ0) is 32.3. The minimum Gasteiger partial charge on any atom is -0.360 e. The van der Waals surface area contributed by atoms with E-state index in [2.05, 4.69) is 35.4 Å². The lowest BCUT2D eigenvalue weighted by Crippen LogP contribution is -2.48. The van der Waals surface area contributed by atoms with E-state index < -0.39 is 20.0 Å². The molecule has 1 aliphatic carbocycles. The molecule has 0 saturated heterocycles. The van der Waals surface area contributed by atoms with Crippen molar-refractivity contribution in [3.8, 4) is 11.1 Å². The molecule has 45 heavy (non-hydrogen) atoms. The van der Waals surface area contributed by atoms with Gasteiger partial charge in [-0.2, -0.15) is 10.2 Å². The van der Waals surface area contributed by atoms with Crippen molar-refractivity contribution >= 4 is 25.6 Å². The highest BCUT2D eigenvalue weighted by Crippen LogP contribution is 2.36. The van der Waals surface area contributed by atoms with Crippen molar-refractivity contribution in [2.45, 2.75) is 77.5 Å². The fourth-order valence-electron chi connectivity index (χ4n) is 6.06. The van der Waals surface area contributed by atoms with Crippen molar-refractivity contribution in [1.29, 1.82) is 0 Å². The van der Waals surface area contributed by atoms with Gasteiger partial charge in [0.2, 0.25) is 5.91 Å². The topological polar surface area (TPSA) is 103 Å². The van der Waals surface area contributed by atoms with Crippen LogP contribution in [0, 0.1) is 19.7 Å². The van der Waals surface area contributed by atoms with E-state index in [4.69, 9.17) is 9.84 Å². The molecule has 2 aromatic heterocycles. The molecular weight excluding hydrogens is 587 g/mol. The summed E-state index contributed by atoms with van der Waals surface area (Å²) in [4.78, 5) is 27.2. The molecule has 11 heteroatoms. The number of fused-ring (bicyclic) bond motifs is 1. The molecule has 0 aliphatic heterocycles. The summed E-state index contributed by atoms with van der Waals surface area (Å²) in [5.41, 5.74) is 6.22. The van der Waals surface area contributed by atoms with Crippen LogP contribution in [0.15, 0.2) is 54.7 Å². The second-order valence-electron chi connectivity index (χ2n) is 13.1. The molecule has 2 amide bonds. The second kappa shape index (κ2) is 13.5. The number of amides is 2. The van der Waals surface area contributed by atoms with E-state index in [9.17, 15) is 14.0 Å². The third kappa shape index (κ3) is 7.42. The number of ether oxygens (including phenoxy) is 1. The molecule has 0 radical (unpaired) electrons. The standard InChI is InChI=1S/C34H43FN6O3Si.H2/c1-22-31(23(2)41(39-22)21-44-19-20-45(4,5)6)24-13-15-25(16-14-24)37-34(43)32(38-33(42)30-17-18-36-40(30)3)28-11-7-10-27-26(28)9-8-12-29(27)35;/h8-9,12-18,28,32H,7,10-11,19-21H2,1-6H3,(H,37,43)(H,38,42);1H/t28-,32?;/m0./s1. The SMILES string of the molecule is Cc1nn(COCC[Si](C)(C)C)c(C)c1-c1ccc(NC(=O)C(NC(=O)c2ccnn2C)[C@H]2CCCc3c(F)cccc32)cc1.[HH]. The Labute approximate surface area is 266 Å². The van der Waals surface area contributed by atoms with Crippen molar-refractivity contribution in [2.24, 2.45) is 7.05 Å². The van der Waals surface area contributed by atoms with Crippen LogP contribution in [0.1, 0.15) is 53.2 Å². The number of carbonyl (C=O) groups excluding carboxylic acids is 2. The van der Waals surface area contributed by atoms with Gasteiger partial charge < -0.3 is 15.4 Å². The molecule has 1 unspecified atom stereocenters. The second-order valence-corrected chi connectivity index (χ2v) is 18.7. The molecule has 2 heterocycles. The summed E-state index contributed by atoms with van der Waals surface area (Å²) in [6.45, 7) is 12.1. The fourth-order valence-corrected chi connectivity index (χ4v) is 6.81. The smallest absolute Gasteiger partial charge is 0.270 e. The summed E-state index contributed by atoms with van der Waals surface area (Å²) in [7, 11) is 0.505. The Morgan fingerprint density at radius 3 is 2.58 bits per heavy atom. The zero-order valence-electron chi connectivity index (χ0n) is 27.0. The van der Waals surface area contributed by atoms with Crippen LogP contribution in [0.4, 0.5) is 10.1 Å². The van der Waals surface area contributed by atoms with Crippen LogP contribution in [0.3, 0.4) is 0 Å². The molecule has 0 bridgehead atoms. The van der Waals surface area contributed by atoms with E-state index >= 15 is 0 Å². The lowest BCUT2D eigenvalue weighted by Gasteiger charge is -2.32. The first kappa shape index (κ1) is 32.3. The first-order chi connectivity index (χ1) is 21.4. The van der Waals surface area contributed by atoms with Crippen molar-refractivity contribution in [1.82, 2.24) is 24.9 Å². The zero-order valence-corrected chi connectivity index (χ0v) is 28.0. The first-order valence-electron chi connectivity index (χ1n) is 15.5. The minimum atomic E-state index is -1.17. The van der Waals surface area contributed by atoms with Crippen LogP contribution in [-0.2, 0) is 29.7 Å². The van der Waals surface area contributed by atoms with Crippen LogP contribution >= 0.6 is 0 Å². The summed E-state index contributed by atoms with van der Waals surface area (Å²) in [5, 5.41) is 14.7.